The SMILES string of the molecule is CC1(C)CCC(n2ccnc2SCC(=O)O)CC1. The molecule has 1 N–H and O–H groups in total. The standard InChI is InChI=1S/C13H20N2O2S/c1-13(2)5-3-10(4-6-13)15-8-7-14-12(15)18-9-11(16)17/h7-8,10H,3-6,9H2,1-2H3,(H,16,17). The lowest BCUT2D eigenvalue weighted by atomic mass is 9.75. The van der Waals surface area contributed by atoms with E-state index in [4.69, 9.17) is 5.11 Å². The molecule has 1 aliphatic rings. The van der Waals surface area contributed by atoms with Gasteiger partial charge in [0.05, 0.1) is 5.75 Å². The Kier molecular flexibility index (Phi) is 4.00. The quantitative estimate of drug-likeness (QED) is 0.852. The van der Waals surface area contributed by atoms with Gasteiger partial charge in [-0.25, -0.2) is 4.98 Å². The first-order chi connectivity index (χ1) is 8.48. The molecular weight excluding hydrogens is 248 g/mol. The van der Waals surface area contributed by atoms with Crippen LogP contribution >= 0.6 is 11.8 Å². The van der Waals surface area contributed by atoms with Crippen molar-refractivity contribution in [2.75, 3.05) is 5.75 Å². The number of aromatic nitrogens is 2. The van der Waals surface area contributed by atoms with Crippen LogP contribution in [-0.2, 0) is 4.79 Å². The van der Waals surface area contributed by atoms with Gasteiger partial charge in [0.1, 0.15) is 0 Å². The van der Waals surface area contributed by atoms with Crippen molar-refractivity contribution >= 4 is 17.7 Å². The first-order valence-electron chi connectivity index (χ1n) is 6.35. The maximum atomic E-state index is 10.6. The Morgan fingerprint density at radius 3 is 2.83 bits per heavy atom. The number of carboxylic acid groups (broad SMARTS) is 1. The number of rotatable bonds is 4. The number of nitrogens with zero attached hydrogens (tertiary/aromatic N) is 2. The van der Waals surface area contributed by atoms with Gasteiger partial charge in [0.2, 0.25) is 0 Å². The van der Waals surface area contributed by atoms with Crippen molar-refractivity contribution in [3.05, 3.63) is 12.4 Å². The molecule has 0 atom stereocenters. The molecule has 0 aliphatic heterocycles. The highest BCUT2D eigenvalue weighted by Gasteiger charge is 2.28. The van der Waals surface area contributed by atoms with E-state index >= 15 is 0 Å². The first kappa shape index (κ1) is 13.5. The molecule has 0 bridgehead atoms. The summed E-state index contributed by atoms with van der Waals surface area (Å²) in [6, 6.07) is 0.483. The summed E-state index contributed by atoms with van der Waals surface area (Å²) in [7, 11) is 0. The van der Waals surface area contributed by atoms with E-state index in [2.05, 4.69) is 23.4 Å². The average molecular weight is 268 g/mol. The Morgan fingerprint density at radius 1 is 1.56 bits per heavy atom. The number of carboxylic acids is 1. The lowest BCUT2D eigenvalue weighted by molar-refractivity contribution is -0.133. The summed E-state index contributed by atoms with van der Waals surface area (Å²) >= 11 is 1.31. The molecule has 1 aliphatic carbocycles. The van der Waals surface area contributed by atoms with E-state index in [0.717, 1.165) is 18.0 Å². The van der Waals surface area contributed by atoms with Crippen LogP contribution in [0.2, 0.25) is 0 Å². The van der Waals surface area contributed by atoms with Crippen LogP contribution in [0, 0.1) is 5.41 Å². The third kappa shape index (κ3) is 3.28. The maximum Gasteiger partial charge on any atom is 0.313 e. The van der Waals surface area contributed by atoms with Crippen LogP contribution in [0.4, 0.5) is 0 Å². The van der Waals surface area contributed by atoms with Gasteiger partial charge < -0.3 is 9.67 Å². The summed E-state index contributed by atoms with van der Waals surface area (Å²) in [4.78, 5) is 14.9. The zero-order chi connectivity index (χ0) is 13.2. The molecule has 0 radical (unpaired) electrons. The fourth-order valence-corrected chi connectivity index (χ4v) is 3.22. The smallest absolute Gasteiger partial charge is 0.313 e. The second-order valence-corrected chi connectivity index (χ2v) is 6.64. The third-order valence-electron chi connectivity index (χ3n) is 3.66. The molecule has 0 saturated heterocycles. The molecule has 18 heavy (non-hydrogen) atoms. The highest BCUT2D eigenvalue weighted by molar-refractivity contribution is 7.99. The largest absolute Gasteiger partial charge is 0.481 e. The molecule has 1 aromatic heterocycles. The molecule has 1 aromatic rings. The lowest BCUT2D eigenvalue weighted by Crippen LogP contribution is -2.23. The fourth-order valence-electron chi connectivity index (χ4n) is 2.48. The fraction of sp³-hybridized carbons (Fsp3) is 0.692. The van der Waals surface area contributed by atoms with E-state index in [0.29, 0.717) is 11.5 Å². The monoisotopic (exact) mass is 268 g/mol. The van der Waals surface area contributed by atoms with Crippen LogP contribution < -0.4 is 0 Å². The Hall–Kier alpha value is -0.970. The molecule has 1 saturated carbocycles. The molecule has 100 valence electrons. The predicted molar refractivity (Wildman–Crippen MR) is 71.9 cm³/mol. The number of thioether (sulfide) groups is 1. The zero-order valence-electron chi connectivity index (χ0n) is 10.9. The van der Waals surface area contributed by atoms with Gasteiger partial charge in [0, 0.05) is 18.4 Å². The first-order valence-corrected chi connectivity index (χ1v) is 7.34. The second kappa shape index (κ2) is 5.34. The third-order valence-corrected chi connectivity index (χ3v) is 4.63. The van der Waals surface area contributed by atoms with Gasteiger partial charge in [0.15, 0.2) is 5.16 Å². The van der Waals surface area contributed by atoms with Crippen LogP contribution in [0.3, 0.4) is 0 Å². The number of imidazole rings is 1. The molecule has 2 rings (SSSR count). The van der Waals surface area contributed by atoms with Crippen molar-refractivity contribution in [3.63, 3.8) is 0 Å². The molecule has 0 aromatic carbocycles. The second-order valence-electron chi connectivity index (χ2n) is 5.69. The van der Waals surface area contributed by atoms with E-state index in [1.165, 1.54) is 24.6 Å². The van der Waals surface area contributed by atoms with Crippen LogP contribution in [0.15, 0.2) is 17.6 Å². The van der Waals surface area contributed by atoms with E-state index in [1.54, 1.807) is 6.20 Å². The normalized spacial score (nSPS) is 19.9. The van der Waals surface area contributed by atoms with Gasteiger partial charge in [0.25, 0.3) is 0 Å². The number of hydrogen-bond donors (Lipinski definition) is 1. The zero-order valence-corrected chi connectivity index (χ0v) is 11.7. The van der Waals surface area contributed by atoms with Gasteiger partial charge in [-0.3, -0.25) is 4.79 Å². The van der Waals surface area contributed by atoms with Crippen LogP contribution in [0.25, 0.3) is 0 Å². The van der Waals surface area contributed by atoms with Gasteiger partial charge in [-0.15, -0.1) is 0 Å². The number of aliphatic carboxylic acids is 1. The van der Waals surface area contributed by atoms with E-state index in [-0.39, 0.29) is 5.75 Å². The Labute approximate surface area is 112 Å². The van der Waals surface area contributed by atoms with E-state index in [9.17, 15) is 4.79 Å². The van der Waals surface area contributed by atoms with Crippen molar-refractivity contribution in [2.24, 2.45) is 5.41 Å². The van der Waals surface area contributed by atoms with Crippen LogP contribution in [-0.4, -0.2) is 26.4 Å². The minimum Gasteiger partial charge on any atom is -0.481 e. The van der Waals surface area contributed by atoms with Crippen molar-refractivity contribution in [2.45, 2.75) is 50.7 Å². The summed E-state index contributed by atoms with van der Waals surface area (Å²) in [5, 5.41) is 9.56. The summed E-state index contributed by atoms with van der Waals surface area (Å²) < 4.78 is 2.16. The van der Waals surface area contributed by atoms with Gasteiger partial charge in [-0.1, -0.05) is 25.6 Å². The van der Waals surface area contributed by atoms with Crippen LogP contribution in [0.5, 0.6) is 0 Å². The summed E-state index contributed by atoms with van der Waals surface area (Å²) in [5.41, 5.74) is 0.450. The predicted octanol–water partition coefficient (Wildman–Crippen LogP) is 3.20. The van der Waals surface area contributed by atoms with Gasteiger partial charge in [-0.2, -0.15) is 0 Å². The Bertz CT molecular complexity index is 418. The highest BCUT2D eigenvalue weighted by Crippen LogP contribution is 2.41. The van der Waals surface area contributed by atoms with Gasteiger partial charge >= 0.3 is 5.97 Å². The molecule has 4 nitrogen and oxygen atoms in total. The Morgan fingerprint density at radius 2 is 2.22 bits per heavy atom. The minimum absolute atomic E-state index is 0.0786. The van der Waals surface area contributed by atoms with Crippen LogP contribution in [0.1, 0.15) is 45.6 Å². The number of carbonyl (C=O) groups is 1. The van der Waals surface area contributed by atoms with Crippen molar-refractivity contribution < 1.29 is 9.90 Å². The molecule has 0 amide bonds. The summed E-state index contributed by atoms with van der Waals surface area (Å²) in [6.07, 6.45) is 8.50. The minimum atomic E-state index is -0.792. The molecule has 5 heteroatoms. The van der Waals surface area contributed by atoms with Crippen molar-refractivity contribution in [3.8, 4) is 0 Å². The molecule has 1 heterocycles. The average Bonchev–Trinajstić information content (AvgIpc) is 2.74. The van der Waals surface area contributed by atoms with Crippen molar-refractivity contribution in [1.29, 1.82) is 0 Å². The molecule has 0 spiro atoms. The van der Waals surface area contributed by atoms with E-state index < -0.39 is 5.97 Å². The Balaban J connectivity index is 2.01. The maximum absolute atomic E-state index is 10.6. The van der Waals surface area contributed by atoms with Crippen molar-refractivity contribution in [1.82, 2.24) is 9.55 Å². The van der Waals surface area contributed by atoms with E-state index in [1.807, 2.05) is 6.20 Å². The highest BCUT2D eigenvalue weighted by atomic mass is 32.2. The van der Waals surface area contributed by atoms with Gasteiger partial charge in [-0.05, 0) is 31.1 Å². The lowest BCUT2D eigenvalue weighted by Gasteiger charge is -2.35. The number of hydrogen-bond acceptors (Lipinski definition) is 3. The molecule has 0 unspecified atom stereocenters. The topological polar surface area (TPSA) is 55.1 Å². The summed E-state index contributed by atoms with van der Waals surface area (Å²) in [6.45, 7) is 4.63. The summed E-state index contributed by atoms with van der Waals surface area (Å²) in [5.74, 6) is -0.714. The molecule has 1 fully saturated rings. The molecular formula is C13H20N2O2S.